The lowest BCUT2D eigenvalue weighted by Gasteiger charge is -2.32. The van der Waals surface area contributed by atoms with Crippen molar-refractivity contribution in [1.29, 1.82) is 0 Å². The van der Waals surface area contributed by atoms with E-state index in [2.05, 4.69) is 28.2 Å². The molecule has 0 saturated heterocycles. The van der Waals surface area contributed by atoms with E-state index in [9.17, 15) is 19.5 Å². The van der Waals surface area contributed by atoms with Gasteiger partial charge in [-0.1, -0.05) is 57.0 Å². The normalized spacial score (nSPS) is 16.7. The van der Waals surface area contributed by atoms with E-state index in [1.54, 1.807) is 12.4 Å². The van der Waals surface area contributed by atoms with Gasteiger partial charge in [0.05, 0.1) is 5.25 Å². The lowest BCUT2D eigenvalue weighted by molar-refractivity contribution is -0.143. The second-order valence-corrected chi connectivity index (χ2v) is 9.53. The smallest absolute Gasteiger partial charge is 0.326 e. The number of carbonyl (C=O) groups excluding carboxylic acids is 2. The number of carboxylic acid groups (broad SMARTS) is 1. The number of aliphatic carboxylic acids is 1. The SMILES string of the molecule is CC(C)[C@H](S)C(=O)NC1(C(=O)N[C@@H](Cc2ccc(-c3cccnc3)cc2)C(=O)O)CCCC1. The fourth-order valence-electron chi connectivity index (χ4n) is 4.10. The molecule has 2 amide bonds. The Morgan fingerprint density at radius 2 is 1.76 bits per heavy atom. The summed E-state index contributed by atoms with van der Waals surface area (Å²) >= 11 is 4.36. The van der Waals surface area contributed by atoms with Gasteiger partial charge in [0, 0.05) is 18.8 Å². The lowest BCUT2D eigenvalue weighted by Crippen LogP contribution is -2.61. The van der Waals surface area contributed by atoms with E-state index in [0.29, 0.717) is 12.8 Å². The fraction of sp³-hybridized carbons (Fsp3) is 0.440. The third kappa shape index (κ3) is 6.13. The van der Waals surface area contributed by atoms with Crippen LogP contribution in [-0.4, -0.2) is 44.7 Å². The topological polar surface area (TPSA) is 108 Å². The third-order valence-corrected chi connectivity index (χ3v) is 6.98. The molecule has 3 N–H and O–H groups in total. The molecule has 2 aromatic rings. The molecule has 1 fully saturated rings. The van der Waals surface area contributed by atoms with E-state index in [-0.39, 0.29) is 18.2 Å². The van der Waals surface area contributed by atoms with E-state index in [0.717, 1.165) is 29.5 Å². The number of amides is 2. The predicted octanol–water partition coefficient (Wildman–Crippen LogP) is 3.24. The van der Waals surface area contributed by atoms with Crippen LogP contribution in [0, 0.1) is 5.92 Å². The van der Waals surface area contributed by atoms with Gasteiger partial charge in [-0.2, -0.15) is 12.6 Å². The number of hydrogen-bond acceptors (Lipinski definition) is 5. The van der Waals surface area contributed by atoms with Crippen LogP contribution in [0.2, 0.25) is 0 Å². The quantitative estimate of drug-likeness (QED) is 0.422. The number of pyridine rings is 1. The highest BCUT2D eigenvalue weighted by molar-refractivity contribution is 7.81. The van der Waals surface area contributed by atoms with Gasteiger partial charge in [-0.3, -0.25) is 14.6 Å². The van der Waals surface area contributed by atoms with Crippen molar-refractivity contribution in [3.8, 4) is 11.1 Å². The molecule has 0 bridgehead atoms. The van der Waals surface area contributed by atoms with Crippen molar-refractivity contribution in [2.75, 3.05) is 0 Å². The van der Waals surface area contributed by atoms with Gasteiger partial charge in [-0.25, -0.2) is 4.79 Å². The molecule has 8 heteroatoms. The zero-order valence-electron chi connectivity index (χ0n) is 19.0. The molecule has 1 heterocycles. The Kier molecular flexibility index (Phi) is 8.13. The molecule has 0 unspecified atom stereocenters. The Hall–Kier alpha value is -2.87. The molecule has 1 saturated carbocycles. The highest BCUT2D eigenvalue weighted by Gasteiger charge is 2.44. The van der Waals surface area contributed by atoms with Crippen LogP contribution in [0.5, 0.6) is 0 Å². The molecule has 7 nitrogen and oxygen atoms in total. The first-order valence-corrected chi connectivity index (χ1v) is 11.8. The van der Waals surface area contributed by atoms with E-state index in [4.69, 9.17) is 0 Å². The zero-order valence-corrected chi connectivity index (χ0v) is 19.8. The summed E-state index contributed by atoms with van der Waals surface area (Å²) < 4.78 is 0. The summed E-state index contributed by atoms with van der Waals surface area (Å²) in [6, 6.07) is 10.2. The number of aromatic nitrogens is 1. The number of carbonyl (C=O) groups is 3. The van der Waals surface area contributed by atoms with Crippen molar-refractivity contribution >= 4 is 30.4 Å². The molecular formula is C25H31N3O4S. The van der Waals surface area contributed by atoms with Gasteiger partial charge in [-0.15, -0.1) is 0 Å². The summed E-state index contributed by atoms with van der Waals surface area (Å²) in [5, 5.41) is 14.8. The third-order valence-electron chi connectivity index (χ3n) is 6.15. The molecule has 1 aromatic heterocycles. The van der Waals surface area contributed by atoms with Crippen LogP contribution in [0.4, 0.5) is 0 Å². The monoisotopic (exact) mass is 469 g/mol. The highest BCUT2D eigenvalue weighted by atomic mass is 32.1. The summed E-state index contributed by atoms with van der Waals surface area (Å²) in [6.07, 6.45) is 6.15. The molecule has 0 radical (unpaired) electrons. The molecule has 1 aromatic carbocycles. The summed E-state index contributed by atoms with van der Waals surface area (Å²) in [7, 11) is 0. The average molecular weight is 470 g/mol. The predicted molar refractivity (Wildman–Crippen MR) is 130 cm³/mol. The van der Waals surface area contributed by atoms with Gasteiger partial charge >= 0.3 is 5.97 Å². The Morgan fingerprint density at radius 1 is 1.09 bits per heavy atom. The molecular weight excluding hydrogens is 438 g/mol. The summed E-state index contributed by atoms with van der Waals surface area (Å²) in [6.45, 7) is 3.78. The molecule has 176 valence electrons. The van der Waals surface area contributed by atoms with Crippen molar-refractivity contribution in [1.82, 2.24) is 15.6 Å². The summed E-state index contributed by atoms with van der Waals surface area (Å²) in [5.41, 5.74) is 1.64. The molecule has 33 heavy (non-hydrogen) atoms. The van der Waals surface area contributed by atoms with Crippen molar-refractivity contribution in [2.24, 2.45) is 5.92 Å². The van der Waals surface area contributed by atoms with Crippen LogP contribution in [0.25, 0.3) is 11.1 Å². The van der Waals surface area contributed by atoms with E-state index in [1.807, 2.05) is 50.2 Å². The second kappa shape index (κ2) is 10.8. The zero-order chi connectivity index (χ0) is 24.0. The molecule has 0 spiro atoms. The molecule has 1 aliphatic rings. The van der Waals surface area contributed by atoms with Crippen molar-refractivity contribution in [3.63, 3.8) is 0 Å². The first-order valence-electron chi connectivity index (χ1n) is 11.2. The van der Waals surface area contributed by atoms with Gasteiger partial charge in [-0.05, 0) is 41.5 Å². The van der Waals surface area contributed by atoms with Crippen molar-refractivity contribution < 1.29 is 19.5 Å². The Balaban J connectivity index is 1.71. The maximum atomic E-state index is 13.2. The standard InChI is InChI=1S/C25H31N3O4S/c1-16(2)21(33)22(29)28-25(11-3-4-12-25)24(32)27-20(23(30)31)14-17-7-9-18(10-8-17)19-6-5-13-26-15-19/h5-10,13,15-16,20-21,33H,3-4,11-12,14H2,1-2H3,(H,27,32)(H,28,29)(H,30,31)/t20-,21-/m0/s1. The molecule has 0 aliphatic heterocycles. The highest BCUT2D eigenvalue weighted by Crippen LogP contribution is 2.31. The first-order chi connectivity index (χ1) is 15.7. The number of benzene rings is 1. The Morgan fingerprint density at radius 3 is 2.30 bits per heavy atom. The van der Waals surface area contributed by atoms with Crippen LogP contribution in [0.1, 0.15) is 45.1 Å². The van der Waals surface area contributed by atoms with Crippen LogP contribution in [0.3, 0.4) is 0 Å². The van der Waals surface area contributed by atoms with Crippen LogP contribution in [-0.2, 0) is 20.8 Å². The lowest BCUT2D eigenvalue weighted by atomic mass is 9.94. The summed E-state index contributed by atoms with van der Waals surface area (Å²) in [5.74, 6) is -1.86. The average Bonchev–Trinajstić information content (AvgIpc) is 3.28. The van der Waals surface area contributed by atoms with Gasteiger partial charge in [0.25, 0.3) is 0 Å². The van der Waals surface area contributed by atoms with E-state index in [1.165, 1.54) is 0 Å². The molecule has 2 atom stereocenters. The van der Waals surface area contributed by atoms with Crippen molar-refractivity contribution in [3.05, 3.63) is 54.4 Å². The van der Waals surface area contributed by atoms with Gasteiger partial charge in [0.2, 0.25) is 11.8 Å². The van der Waals surface area contributed by atoms with E-state index >= 15 is 0 Å². The maximum Gasteiger partial charge on any atom is 0.326 e. The number of carboxylic acids is 1. The van der Waals surface area contributed by atoms with Crippen LogP contribution >= 0.6 is 12.6 Å². The minimum absolute atomic E-state index is 0.0104. The Bertz CT molecular complexity index is 973. The maximum absolute atomic E-state index is 13.2. The van der Waals surface area contributed by atoms with Gasteiger partial charge in [0.1, 0.15) is 11.6 Å². The number of nitrogens with zero attached hydrogens (tertiary/aromatic N) is 1. The van der Waals surface area contributed by atoms with Crippen LogP contribution < -0.4 is 10.6 Å². The summed E-state index contributed by atoms with van der Waals surface area (Å²) in [4.78, 5) is 41.9. The molecule has 1 aliphatic carbocycles. The minimum Gasteiger partial charge on any atom is -0.480 e. The van der Waals surface area contributed by atoms with Gasteiger partial charge in [0.15, 0.2) is 0 Å². The fourth-order valence-corrected chi connectivity index (χ4v) is 4.16. The minimum atomic E-state index is -1.12. The molecule has 3 rings (SSSR count). The number of thiol groups is 1. The first kappa shape index (κ1) is 24.8. The number of rotatable bonds is 9. The second-order valence-electron chi connectivity index (χ2n) is 8.97. The van der Waals surface area contributed by atoms with E-state index < -0.39 is 28.7 Å². The number of hydrogen-bond donors (Lipinski definition) is 4. The largest absolute Gasteiger partial charge is 0.480 e. The van der Waals surface area contributed by atoms with Crippen molar-refractivity contribution in [2.45, 2.75) is 62.8 Å². The van der Waals surface area contributed by atoms with Gasteiger partial charge < -0.3 is 15.7 Å². The van der Waals surface area contributed by atoms with Crippen LogP contribution in [0.15, 0.2) is 48.8 Å². The number of nitrogens with one attached hydrogen (secondary N) is 2. The Labute approximate surface area is 199 Å².